The molecule has 1 spiro atoms. The molecule has 2 aliphatic rings. The summed E-state index contributed by atoms with van der Waals surface area (Å²) in [6.45, 7) is 4.13. The fraction of sp³-hybridized carbons (Fsp3) is 0.421. The van der Waals surface area contributed by atoms with E-state index in [1.165, 1.54) is 12.1 Å². The van der Waals surface area contributed by atoms with Crippen LogP contribution in [0.4, 0.5) is 0 Å². The van der Waals surface area contributed by atoms with Crippen molar-refractivity contribution in [2.24, 2.45) is 11.3 Å². The Morgan fingerprint density at radius 1 is 1.33 bits per heavy atom. The van der Waals surface area contributed by atoms with Crippen LogP contribution >= 0.6 is 0 Å². The zero-order valence-electron chi connectivity index (χ0n) is 15.1. The maximum absolute atomic E-state index is 13.2. The number of hydrogen-bond acceptors (Lipinski definition) is 5. The predicted octanol–water partition coefficient (Wildman–Crippen LogP) is 0.676. The quantitative estimate of drug-likeness (QED) is 0.860. The molecule has 0 radical (unpaired) electrons. The van der Waals surface area contributed by atoms with Crippen LogP contribution in [0.1, 0.15) is 29.4 Å². The van der Waals surface area contributed by atoms with Gasteiger partial charge in [-0.1, -0.05) is 13.0 Å². The number of aromatic amines is 1. The van der Waals surface area contributed by atoms with E-state index in [4.69, 9.17) is 0 Å². The van der Waals surface area contributed by atoms with E-state index in [1.54, 1.807) is 17.3 Å². The van der Waals surface area contributed by atoms with Crippen LogP contribution in [0.2, 0.25) is 0 Å². The van der Waals surface area contributed by atoms with E-state index >= 15 is 0 Å². The molecule has 4 heterocycles. The largest absolute Gasteiger partial charge is 0.338 e. The molecule has 8 heteroatoms. The predicted molar refractivity (Wildman–Crippen MR) is 96.6 cm³/mol. The summed E-state index contributed by atoms with van der Waals surface area (Å²) < 4.78 is 0. The van der Waals surface area contributed by atoms with Crippen molar-refractivity contribution in [1.29, 1.82) is 0 Å². The first-order chi connectivity index (χ1) is 13.0. The number of H-pyrrole nitrogens is 1. The summed E-state index contributed by atoms with van der Waals surface area (Å²) >= 11 is 0. The van der Waals surface area contributed by atoms with Gasteiger partial charge in [0.15, 0.2) is 0 Å². The van der Waals surface area contributed by atoms with Crippen molar-refractivity contribution in [3.05, 3.63) is 58.3 Å². The Bertz CT molecular complexity index is 908. The van der Waals surface area contributed by atoms with Gasteiger partial charge in [-0.2, -0.15) is 5.10 Å². The number of likely N-dealkylation sites (tertiary alicyclic amines) is 2. The van der Waals surface area contributed by atoms with E-state index in [2.05, 4.69) is 15.2 Å². The normalized spacial score (nSPS) is 24.8. The fourth-order valence-electron chi connectivity index (χ4n) is 4.17. The Kier molecular flexibility index (Phi) is 4.25. The molecule has 2 saturated heterocycles. The van der Waals surface area contributed by atoms with Gasteiger partial charge in [-0.05, 0) is 30.0 Å². The number of aromatic nitrogens is 3. The topological polar surface area (TPSA) is 99.3 Å². The highest BCUT2D eigenvalue weighted by Gasteiger charge is 2.55. The van der Waals surface area contributed by atoms with Gasteiger partial charge in [0.1, 0.15) is 5.69 Å². The summed E-state index contributed by atoms with van der Waals surface area (Å²) in [4.78, 5) is 44.7. The second-order valence-corrected chi connectivity index (χ2v) is 7.39. The third-order valence-electron chi connectivity index (χ3n) is 5.73. The second-order valence-electron chi connectivity index (χ2n) is 7.39. The molecule has 2 aromatic rings. The molecule has 2 aliphatic heterocycles. The van der Waals surface area contributed by atoms with Crippen molar-refractivity contribution in [3.8, 4) is 0 Å². The van der Waals surface area contributed by atoms with Crippen LogP contribution in [-0.2, 0) is 11.3 Å². The van der Waals surface area contributed by atoms with E-state index in [-0.39, 0.29) is 29.0 Å². The first-order valence-electron chi connectivity index (χ1n) is 9.03. The number of rotatable bonds is 3. The average Bonchev–Trinajstić information content (AvgIpc) is 3.18. The highest BCUT2D eigenvalue weighted by molar-refractivity contribution is 5.94. The zero-order chi connectivity index (χ0) is 19.0. The van der Waals surface area contributed by atoms with Crippen LogP contribution < -0.4 is 5.56 Å². The molecule has 140 valence electrons. The van der Waals surface area contributed by atoms with Gasteiger partial charge in [-0.25, -0.2) is 5.10 Å². The van der Waals surface area contributed by atoms with E-state index in [1.807, 2.05) is 24.0 Å². The molecule has 0 saturated carbocycles. The molecule has 2 fully saturated rings. The first kappa shape index (κ1) is 17.4. The summed E-state index contributed by atoms with van der Waals surface area (Å²) in [5.74, 6) is -0.0901. The third-order valence-corrected chi connectivity index (χ3v) is 5.73. The summed E-state index contributed by atoms with van der Waals surface area (Å²) in [5.41, 5.74) is 0.297. The number of nitrogens with one attached hydrogen (secondary N) is 1. The highest BCUT2D eigenvalue weighted by Crippen LogP contribution is 2.45. The van der Waals surface area contributed by atoms with Gasteiger partial charge < -0.3 is 9.80 Å². The number of nitrogens with zero attached hydrogens (tertiary/aromatic N) is 4. The van der Waals surface area contributed by atoms with Crippen LogP contribution in [0, 0.1) is 11.3 Å². The maximum atomic E-state index is 13.2. The van der Waals surface area contributed by atoms with E-state index in [0.717, 1.165) is 12.0 Å². The van der Waals surface area contributed by atoms with Crippen LogP contribution in [0.15, 0.2) is 41.5 Å². The Morgan fingerprint density at radius 3 is 2.89 bits per heavy atom. The number of carbonyl (C=O) groups excluding carboxylic acids is 2. The molecule has 0 aromatic carbocycles. The van der Waals surface area contributed by atoms with Crippen molar-refractivity contribution in [3.63, 3.8) is 0 Å². The van der Waals surface area contributed by atoms with Crippen LogP contribution in [0.3, 0.4) is 0 Å². The molecule has 8 nitrogen and oxygen atoms in total. The molecular weight excluding hydrogens is 346 g/mol. The lowest BCUT2D eigenvalue weighted by Crippen LogP contribution is -2.40. The average molecular weight is 367 g/mol. The number of hydrogen-bond donors (Lipinski definition) is 1. The third kappa shape index (κ3) is 3.01. The van der Waals surface area contributed by atoms with Crippen molar-refractivity contribution >= 4 is 11.8 Å². The van der Waals surface area contributed by atoms with E-state index in [0.29, 0.717) is 26.2 Å². The van der Waals surface area contributed by atoms with Gasteiger partial charge in [-0.3, -0.25) is 19.4 Å². The van der Waals surface area contributed by atoms with Gasteiger partial charge >= 0.3 is 0 Å². The molecule has 27 heavy (non-hydrogen) atoms. The van der Waals surface area contributed by atoms with Crippen molar-refractivity contribution < 1.29 is 9.59 Å². The van der Waals surface area contributed by atoms with Gasteiger partial charge in [0.2, 0.25) is 5.91 Å². The Hall–Kier alpha value is -3.03. The zero-order valence-corrected chi connectivity index (χ0v) is 15.1. The Balaban J connectivity index is 1.50. The first-order valence-corrected chi connectivity index (χ1v) is 9.03. The summed E-state index contributed by atoms with van der Waals surface area (Å²) in [6.07, 6.45) is 4.22. The molecule has 4 rings (SSSR count). The van der Waals surface area contributed by atoms with Gasteiger partial charge in [0, 0.05) is 44.6 Å². The molecule has 2 amide bonds. The summed E-state index contributed by atoms with van der Waals surface area (Å²) in [6, 6.07) is 6.52. The van der Waals surface area contributed by atoms with Gasteiger partial charge in [0.05, 0.1) is 5.41 Å². The lowest BCUT2D eigenvalue weighted by atomic mass is 9.78. The van der Waals surface area contributed by atoms with E-state index in [9.17, 15) is 14.4 Å². The van der Waals surface area contributed by atoms with Crippen molar-refractivity contribution in [1.82, 2.24) is 25.0 Å². The molecule has 0 aliphatic carbocycles. The molecule has 1 N–H and O–H groups in total. The minimum atomic E-state index is -0.542. The molecular formula is C19H21N5O3. The van der Waals surface area contributed by atoms with E-state index < -0.39 is 5.41 Å². The van der Waals surface area contributed by atoms with Crippen molar-refractivity contribution in [2.45, 2.75) is 19.9 Å². The van der Waals surface area contributed by atoms with Crippen LogP contribution in [0.25, 0.3) is 0 Å². The number of amides is 2. The minimum absolute atomic E-state index is 0.0654. The summed E-state index contributed by atoms with van der Waals surface area (Å²) in [7, 11) is 0. The highest BCUT2D eigenvalue weighted by atomic mass is 16.2. The molecule has 0 unspecified atom stereocenters. The van der Waals surface area contributed by atoms with Crippen LogP contribution in [0.5, 0.6) is 0 Å². The minimum Gasteiger partial charge on any atom is -0.338 e. The van der Waals surface area contributed by atoms with Gasteiger partial charge in [0.25, 0.3) is 11.5 Å². The standard InChI is InChI=1S/C19H21N5O3/c1-13-10-24(17(26)15-4-5-16(25)22-21-15)12-19(13)6-8-23(18(19)27)11-14-3-2-7-20-9-14/h2-5,7,9,13H,6,8,10-12H2,1H3,(H,22,25)/t13-,19-/m1/s1. The summed E-state index contributed by atoms with van der Waals surface area (Å²) in [5, 5.41) is 6.11. The maximum Gasteiger partial charge on any atom is 0.274 e. The van der Waals surface area contributed by atoms with Crippen molar-refractivity contribution in [2.75, 3.05) is 19.6 Å². The Labute approximate surface area is 156 Å². The smallest absolute Gasteiger partial charge is 0.274 e. The lowest BCUT2D eigenvalue weighted by Gasteiger charge is -2.26. The number of pyridine rings is 1. The lowest BCUT2D eigenvalue weighted by molar-refractivity contribution is -0.137. The molecule has 0 bridgehead atoms. The fourth-order valence-corrected chi connectivity index (χ4v) is 4.17. The van der Waals surface area contributed by atoms with Crippen LogP contribution in [-0.4, -0.2) is 56.4 Å². The SMILES string of the molecule is C[C@@H]1CN(C(=O)c2ccc(=O)[nH]n2)C[C@]12CCN(Cc1cccnc1)C2=O. The monoisotopic (exact) mass is 367 g/mol. The molecule has 2 aromatic heterocycles. The molecule has 2 atom stereocenters. The Morgan fingerprint density at radius 2 is 2.19 bits per heavy atom. The van der Waals surface area contributed by atoms with Gasteiger partial charge in [-0.15, -0.1) is 0 Å². The number of carbonyl (C=O) groups is 2. The second kappa shape index (κ2) is 6.61.